The fraction of sp³-hybridized carbons (Fsp3) is 0.238. The fourth-order valence-electron chi connectivity index (χ4n) is 2.92. The topological polar surface area (TPSA) is 76.7 Å². The lowest BCUT2D eigenvalue weighted by Gasteiger charge is -2.28. The minimum atomic E-state index is -0.588. The van der Waals surface area contributed by atoms with E-state index in [-0.39, 0.29) is 12.6 Å². The van der Waals surface area contributed by atoms with Gasteiger partial charge in [0.2, 0.25) is 0 Å². The Morgan fingerprint density at radius 2 is 1.70 bits per heavy atom. The van der Waals surface area contributed by atoms with E-state index in [0.717, 1.165) is 16.7 Å². The average Bonchev–Trinajstić information content (AvgIpc) is 2.67. The van der Waals surface area contributed by atoms with E-state index >= 15 is 0 Å². The highest BCUT2D eigenvalue weighted by molar-refractivity contribution is 5.95. The summed E-state index contributed by atoms with van der Waals surface area (Å²) < 4.78 is 10.7. The number of allylic oxidation sites excluding steroid dienone is 1. The molecule has 6 heteroatoms. The first-order chi connectivity index (χ1) is 13.0. The van der Waals surface area contributed by atoms with Gasteiger partial charge in [-0.1, -0.05) is 42.0 Å². The summed E-state index contributed by atoms with van der Waals surface area (Å²) in [7, 11) is 1.58. The Morgan fingerprint density at radius 3 is 2.33 bits per heavy atom. The summed E-state index contributed by atoms with van der Waals surface area (Å²) in [5, 5.41) is 5.43. The number of urea groups is 1. The maximum Gasteiger partial charge on any atom is 0.338 e. The standard InChI is InChI=1S/C21H22N2O4/c1-13-4-6-15(7-5-13)12-27-20(24)18-14(2)22-21(25)23-19(18)16-8-10-17(26-3)11-9-16/h4-11,19H,12H2,1-3H3,(H2,22,23,25)/t19-/m1/s1. The van der Waals surface area contributed by atoms with Crippen molar-refractivity contribution in [2.75, 3.05) is 7.11 Å². The predicted molar refractivity (Wildman–Crippen MR) is 101 cm³/mol. The monoisotopic (exact) mass is 366 g/mol. The van der Waals surface area contributed by atoms with Gasteiger partial charge in [0.05, 0.1) is 18.7 Å². The van der Waals surface area contributed by atoms with Crippen molar-refractivity contribution in [1.82, 2.24) is 10.6 Å². The van der Waals surface area contributed by atoms with Crippen LogP contribution in [0.5, 0.6) is 5.75 Å². The zero-order valence-corrected chi connectivity index (χ0v) is 15.5. The Morgan fingerprint density at radius 1 is 1.04 bits per heavy atom. The van der Waals surface area contributed by atoms with Gasteiger partial charge in [0.1, 0.15) is 12.4 Å². The third-order valence-corrected chi connectivity index (χ3v) is 4.43. The quantitative estimate of drug-likeness (QED) is 0.796. The molecule has 3 rings (SSSR count). The first-order valence-corrected chi connectivity index (χ1v) is 8.63. The molecule has 0 saturated heterocycles. The molecule has 6 nitrogen and oxygen atoms in total. The van der Waals surface area contributed by atoms with Gasteiger partial charge in [-0.25, -0.2) is 9.59 Å². The van der Waals surface area contributed by atoms with Gasteiger partial charge in [0.25, 0.3) is 0 Å². The average molecular weight is 366 g/mol. The van der Waals surface area contributed by atoms with Crippen molar-refractivity contribution in [3.05, 3.63) is 76.5 Å². The third-order valence-electron chi connectivity index (χ3n) is 4.43. The van der Waals surface area contributed by atoms with E-state index in [1.54, 1.807) is 26.2 Å². The number of rotatable bonds is 5. The van der Waals surface area contributed by atoms with Gasteiger partial charge in [-0.15, -0.1) is 0 Å². The van der Waals surface area contributed by atoms with Crippen molar-refractivity contribution in [2.45, 2.75) is 26.5 Å². The zero-order chi connectivity index (χ0) is 19.4. The second kappa shape index (κ2) is 7.95. The summed E-state index contributed by atoms with van der Waals surface area (Å²) in [5.41, 5.74) is 3.68. The number of nitrogens with one attached hydrogen (secondary N) is 2. The minimum absolute atomic E-state index is 0.166. The maximum atomic E-state index is 12.8. The molecule has 1 aliphatic heterocycles. The lowest BCUT2D eigenvalue weighted by atomic mass is 9.95. The number of hydrogen-bond acceptors (Lipinski definition) is 4. The summed E-state index contributed by atoms with van der Waals surface area (Å²) in [6.45, 7) is 3.86. The fourth-order valence-corrected chi connectivity index (χ4v) is 2.92. The van der Waals surface area contributed by atoms with E-state index < -0.39 is 12.0 Å². The molecule has 0 aromatic heterocycles. The molecule has 0 radical (unpaired) electrons. The van der Waals surface area contributed by atoms with Crippen LogP contribution in [-0.2, 0) is 16.1 Å². The van der Waals surface area contributed by atoms with Crippen LogP contribution in [0.2, 0.25) is 0 Å². The van der Waals surface area contributed by atoms with Crippen molar-refractivity contribution >= 4 is 12.0 Å². The second-order valence-corrected chi connectivity index (χ2v) is 6.41. The molecule has 2 aromatic rings. The SMILES string of the molecule is COc1ccc([C@H]2NC(=O)NC(C)=C2C(=O)OCc2ccc(C)cc2)cc1. The smallest absolute Gasteiger partial charge is 0.338 e. The molecule has 27 heavy (non-hydrogen) atoms. The van der Waals surface area contributed by atoms with Gasteiger partial charge in [-0.05, 0) is 37.1 Å². The van der Waals surface area contributed by atoms with Crippen molar-refractivity contribution in [3.63, 3.8) is 0 Å². The molecule has 0 saturated carbocycles. The molecule has 0 fully saturated rings. The molecular weight excluding hydrogens is 344 g/mol. The molecule has 0 bridgehead atoms. The number of ether oxygens (including phenoxy) is 2. The van der Waals surface area contributed by atoms with Crippen LogP contribution >= 0.6 is 0 Å². The Kier molecular flexibility index (Phi) is 5.45. The van der Waals surface area contributed by atoms with Crippen LogP contribution in [0.4, 0.5) is 4.79 Å². The first kappa shape index (κ1) is 18.5. The van der Waals surface area contributed by atoms with E-state index in [1.807, 2.05) is 43.3 Å². The molecular formula is C21H22N2O4. The highest BCUT2D eigenvalue weighted by Gasteiger charge is 2.32. The van der Waals surface area contributed by atoms with Crippen molar-refractivity contribution in [2.24, 2.45) is 0 Å². The Balaban J connectivity index is 1.81. The summed E-state index contributed by atoms with van der Waals surface area (Å²) >= 11 is 0. The lowest BCUT2D eigenvalue weighted by molar-refractivity contribution is -0.140. The van der Waals surface area contributed by atoms with Gasteiger partial charge >= 0.3 is 12.0 Å². The van der Waals surface area contributed by atoms with Crippen LogP contribution in [0.3, 0.4) is 0 Å². The first-order valence-electron chi connectivity index (χ1n) is 8.63. The molecule has 2 amide bonds. The number of amides is 2. The summed E-state index contributed by atoms with van der Waals surface area (Å²) in [4.78, 5) is 24.7. The number of aryl methyl sites for hydroxylation is 1. The number of hydrogen-bond donors (Lipinski definition) is 2. The molecule has 0 aliphatic carbocycles. The highest BCUT2D eigenvalue weighted by atomic mass is 16.5. The second-order valence-electron chi connectivity index (χ2n) is 6.41. The normalized spacial score (nSPS) is 16.4. The summed E-state index contributed by atoms with van der Waals surface area (Å²) in [6.07, 6.45) is 0. The number of esters is 1. The van der Waals surface area contributed by atoms with E-state index in [0.29, 0.717) is 17.0 Å². The predicted octanol–water partition coefficient (Wildman–Crippen LogP) is 3.37. The van der Waals surface area contributed by atoms with E-state index in [9.17, 15) is 9.59 Å². The molecule has 0 spiro atoms. The molecule has 2 aromatic carbocycles. The van der Waals surface area contributed by atoms with Crippen molar-refractivity contribution < 1.29 is 19.1 Å². The largest absolute Gasteiger partial charge is 0.497 e. The third kappa shape index (κ3) is 4.28. The molecule has 1 atom stereocenters. The van der Waals surface area contributed by atoms with Crippen LogP contribution in [0.15, 0.2) is 59.8 Å². The number of carbonyl (C=O) groups excluding carboxylic acids is 2. The van der Waals surface area contributed by atoms with Crippen LogP contribution < -0.4 is 15.4 Å². The highest BCUT2D eigenvalue weighted by Crippen LogP contribution is 2.29. The Bertz CT molecular complexity index is 870. The van der Waals surface area contributed by atoms with E-state index in [1.165, 1.54) is 0 Å². The Hall–Kier alpha value is -3.28. The molecule has 2 N–H and O–H groups in total. The van der Waals surface area contributed by atoms with E-state index in [2.05, 4.69) is 10.6 Å². The molecule has 140 valence electrons. The van der Waals surface area contributed by atoms with Gasteiger partial charge in [0.15, 0.2) is 0 Å². The van der Waals surface area contributed by atoms with Crippen LogP contribution in [0, 0.1) is 6.92 Å². The van der Waals surface area contributed by atoms with Crippen LogP contribution in [-0.4, -0.2) is 19.1 Å². The number of methoxy groups -OCH3 is 1. The summed E-state index contributed by atoms with van der Waals surface area (Å²) in [5.74, 6) is 0.226. The summed E-state index contributed by atoms with van der Waals surface area (Å²) in [6, 6.07) is 14.0. The van der Waals surface area contributed by atoms with Gasteiger partial charge in [-0.3, -0.25) is 0 Å². The van der Waals surface area contributed by atoms with Crippen LogP contribution in [0.1, 0.15) is 29.7 Å². The molecule has 1 heterocycles. The molecule has 0 unspecified atom stereocenters. The van der Waals surface area contributed by atoms with Crippen LogP contribution in [0.25, 0.3) is 0 Å². The van der Waals surface area contributed by atoms with Crippen molar-refractivity contribution in [1.29, 1.82) is 0 Å². The zero-order valence-electron chi connectivity index (χ0n) is 15.5. The minimum Gasteiger partial charge on any atom is -0.497 e. The Labute approximate surface area is 158 Å². The maximum absolute atomic E-state index is 12.8. The van der Waals surface area contributed by atoms with Gasteiger partial charge in [0, 0.05) is 5.70 Å². The molecule has 1 aliphatic rings. The van der Waals surface area contributed by atoms with Crippen molar-refractivity contribution in [3.8, 4) is 5.75 Å². The van der Waals surface area contributed by atoms with E-state index in [4.69, 9.17) is 9.47 Å². The number of carbonyl (C=O) groups is 2. The lowest BCUT2D eigenvalue weighted by Crippen LogP contribution is -2.45. The van der Waals surface area contributed by atoms with Gasteiger partial charge < -0.3 is 20.1 Å². The number of benzene rings is 2. The van der Waals surface area contributed by atoms with Gasteiger partial charge in [-0.2, -0.15) is 0 Å².